The number of rotatable bonds is 2. The van der Waals surface area contributed by atoms with Crippen molar-refractivity contribution < 1.29 is 23.5 Å². The number of nitrogens with one attached hydrogen (secondary N) is 1. The summed E-state index contributed by atoms with van der Waals surface area (Å²) in [5.74, 6) is -3.37. The number of aliphatic carboxylic acids is 1. The number of carbonyl (C=O) groups excluding carboxylic acids is 1. The fraction of sp³-hybridized carbons (Fsp3) is 0.429. The first-order valence-corrected chi connectivity index (χ1v) is 6.61. The molecule has 5 nitrogen and oxygen atoms in total. The van der Waals surface area contributed by atoms with Crippen LogP contribution in [0.1, 0.15) is 13.3 Å². The molecule has 1 aliphatic rings. The molecule has 2 rings (SSSR count). The monoisotopic (exact) mass is 298 g/mol. The highest BCUT2D eigenvalue weighted by Crippen LogP contribution is 2.24. The lowest BCUT2D eigenvalue weighted by molar-refractivity contribution is -0.143. The quantitative estimate of drug-likeness (QED) is 0.881. The molecular weight excluding hydrogens is 282 g/mol. The SMILES string of the molecule is CC1CC(C(=O)O)CN(C(=O)Nc2c(F)cccc2F)C1. The molecular formula is C14H16F2N2O3. The van der Waals surface area contributed by atoms with Gasteiger partial charge in [0.15, 0.2) is 0 Å². The molecule has 0 radical (unpaired) electrons. The second-order valence-electron chi connectivity index (χ2n) is 5.31. The maximum absolute atomic E-state index is 13.5. The van der Waals surface area contributed by atoms with Crippen molar-refractivity contribution in [3.05, 3.63) is 29.8 Å². The number of hydrogen-bond acceptors (Lipinski definition) is 2. The van der Waals surface area contributed by atoms with E-state index in [1.54, 1.807) is 0 Å². The second-order valence-corrected chi connectivity index (χ2v) is 5.31. The zero-order valence-corrected chi connectivity index (χ0v) is 11.5. The van der Waals surface area contributed by atoms with E-state index in [4.69, 9.17) is 5.11 Å². The Hall–Kier alpha value is -2.18. The third-order valence-corrected chi connectivity index (χ3v) is 3.49. The lowest BCUT2D eigenvalue weighted by Crippen LogP contribution is -2.47. The van der Waals surface area contributed by atoms with Crippen LogP contribution >= 0.6 is 0 Å². The topological polar surface area (TPSA) is 69.6 Å². The fourth-order valence-corrected chi connectivity index (χ4v) is 2.50. The van der Waals surface area contributed by atoms with E-state index in [2.05, 4.69) is 5.32 Å². The number of halogens is 2. The molecule has 2 unspecified atom stereocenters. The van der Waals surface area contributed by atoms with E-state index >= 15 is 0 Å². The maximum Gasteiger partial charge on any atom is 0.322 e. The molecule has 2 atom stereocenters. The predicted molar refractivity (Wildman–Crippen MR) is 71.9 cm³/mol. The van der Waals surface area contributed by atoms with Crippen molar-refractivity contribution in [1.29, 1.82) is 0 Å². The standard InChI is InChI=1S/C14H16F2N2O3/c1-8-5-9(13(19)20)7-18(6-8)14(21)17-12-10(15)3-2-4-11(12)16/h2-4,8-9H,5-7H2,1H3,(H,17,21)(H,19,20). The van der Waals surface area contributed by atoms with Gasteiger partial charge in [0.1, 0.15) is 17.3 Å². The molecule has 2 N–H and O–H groups in total. The molecule has 0 saturated carbocycles. The highest BCUT2D eigenvalue weighted by atomic mass is 19.1. The molecule has 0 aromatic heterocycles. The van der Waals surface area contributed by atoms with Crippen molar-refractivity contribution in [3.63, 3.8) is 0 Å². The van der Waals surface area contributed by atoms with Gasteiger partial charge in [-0.15, -0.1) is 0 Å². The summed E-state index contributed by atoms with van der Waals surface area (Å²) in [6.45, 7) is 2.21. The summed E-state index contributed by atoms with van der Waals surface area (Å²) in [6, 6.07) is 2.58. The summed E-state index contributed by atoms with van der Waals surface area (Å²) in [7, 11) is 0. The summed E-state index contributed by atoms with van der Waals surface area (Å²) in [5, 5.41) is 11.2. The number of nitrogens with zero attached hydrogens (tertiary/aromatic N) is 1. The van der Waals surface area contributed by atoms with Gasteiger partial charge >= 0.3 is 12.0 Å². The number of likely N-dealkylation sites (tertiary alicyclic amines) is 1. The third-order valence-electron chi connectivity index (χ3n) is 3.49. The van der Waals surface area contributed by atoms with Gasteiger partial charge in [0, 0.05) is 13.1 Å². The number of para-hydroxylation sites is 1. The largest absolute Gasteiger partial charge is 0.481 e. The summed E-state index contributed by atoms with van der Waals surface area (Å²) in [5.41, 5.74) is -0.521. The Kier molecular flexibility index (Phi) is 4.40. The molecule has 7 heteroatoms. The van der Waals surface area contributed by atoms with Crippen LogP contribution in [0.25, 0.3) is 0 Å². The number of carboxylic acids is 1. The van der Waals surface area contributed by atoms with Crippen LogP contribution in [0.4, 0.5) is 19.3 Å². The summed E-state index contributed by atoms with van der Waals surface area (Å²) in [4.78, 5) is 24.4. The van der Waals surface area contributed by atoms with E-state index in [0.29, 0.717) is 13.0 Å². The Morgan fingerprint density at radius 2 is 1.90 bits per heavy atom. The van der Waals surface area contributed by atoms with Crippen molar-refractivity contribution >= 4 is 17.7 Å². The molecule has 0 spiro atoms. The lowest BCUT2D eigenvalue weighted by Gasteiger charge is -2.34. The van der Waals surface area contributed by atoms with Crippen molar-refractivity contribution in [2.24, 2.45) is 11.8 Å². The van der Waals surface area contributed by atoms with Gasteiger partial charge in [-0.25, -0.2) is 13.6 Å². The smallest absolute Gasteiger partial charge is 0.322 e. The van der Waals surface area contributed by atoms with Gasteiger partial charge in [-0.1, -0.05) is 13.0 Å². The number of urea groups is 1. The van der Waals surface area contributed by atoms with Crippen molar-refractivity contribution in [1.82, 2.24) is 4.90 Å². The summed E-state index contributed by atoms with van der Waals surface area (Å²) >= 11 is 0. The highest BCUT2D eigenvalue weighted by Gasteiger charge is 2.32. The molecule has 1 saturated heterocycles. The van der Waals surface area contributed by atoms with Gasteiger partial charge in [0.25, 0.3) is 0 Å². The van der Waals surface area contributed by atoms with Gasteiger partial charge in [0.2, 0.25) is 0 Å². The third kappa shape index (κ3) is 3.48. The Bertz CT molecular complexity index is 545. The predicted octanol–water partition coefficient (Wildman–Crippen LogP) is 2.54. The van der Waals surface area contributed by atoms with Crippen LogP contribution in [-0.4, -0.2) is 35.1 Å². The molecule has 2 amide bonds. The average molecular weight is 298 g/mol. The number of amides is 2. The van der Waals surface area contributed by atoms with E-state index in [1.165, 1.54) is 11.0 Å². The number of anilines is 1. The van der Waals surface area contributed by atoms with Gasteiger partial charge < -0.3 is 15.3 Å². The van der Waals surface area contributed by atoms with E-state index in [-0.39, 0.29) is 12.5 Å². The molecule has 1 fully saturated rings. The maximum atomic E-state index is 13.5. The average Bonchev–Trinajstić information content (AvgIpc) is 2.42. The first-order valence-electron chi connectivity index (χ1n) is 6.61. The molecule has 0 aliphatic carbocycles. The Morgan fingerprint density at radius 3 is 2.48 bits per heavy atom. The number of carboxylic acid groups (broad SMARTS) is 1. The lowest BCUT2D eigenvalue weighted by atomic mass is 9.91. The number of benzene rings is 1. The molecule has 0 bridgehead atoms. The normalized spacial score (nSPS) is 22.0. The van der Waals surface area contributed by atoms with Crippen LogP contribution in [0.2, 0.25) is 0 Å². The second kappa shape index (κ2) is 6.07. The molecule has 1 heterocycles. The van der Waals surface area contributed by atoms with Crippen LogP contribution in [0.3, 0.4) is 0 Å². The van der Waals surface area contributed by atoms with Crippen molar-refractivity contribution in [3.8, 4) is 0 Å². The minimum atomic E-state index is -0.976. The molecule has 21 heavy (non-hydrogen) atoms. The number of piperidine rings is 1. The van der Waals surface area contributed by atoms with E-state index < -0.39 is 35.2 Å². The summed E-state index contributed by atoms with van der Waals surface area (Å²) in [6.07, 6.45) is 0.479. The fourth-order valence-electron chi connectivity index (χ4n) is 2.50. The molecule has 1 aliphatic heterocycles. The van der Waals surface area contributed by atoms with Crippen LogP contribution < -0.4 is 5.32 Å². The van der Waals surface area contributed by atoms with E-state index in [1.807, 2.05) is 6.92 Å². The first-order chi connectivity index (χ1) is 9.88. The van der Waals surface area contributed by atoms with Crippen LogP contribution in [0.15, 0.2) is 18.2 Å². The van der Waals surface area contributed by atoms with Gasteiger partial charge in [-0.2, -0.15) is 0 Å². The first kappa shape index (κ1) is 15.2. The molecule has 1 aromatic carbocycles. The van der Waals surface area contributed by atoms with Crippen molar-refractivity contribution in [2.45, 2.75) is 13.3 Å². The molecule has 1 aromatic rings. The number of carbonyl (C=O) groups is 2. The van der Waals surface area contributed by atoms with Gasteiger partial charge in [0.05, 0.1) is 5.92 Å². The van der Waals surface area contributed by atoms with E-state index in [0.717, 1.165) is 12.1 Å². The zero-order valence-electron chi connectivity index (χ0n) is 11.5. The summed E-state index contributed by atoms with van der Waals surface area (Å²) < 4.78 is 27.0. The van der Waals surface area contributed by atoms with Crippen molar-refractivity contribution in [2.75, 3.05) is 18.4 Å². The highest BCUT2D eigenvalue weighted by molar-refractivity contribution is 5.90. The number of hydrogen-bond donors (Lipinski definition) is 2. The zero-order chi connectivity index (χ0) is 15.6. The van der Waals surface area contributed by atoms with Crippen LogP contribution in [0.5, 0.6) is 0 Å². The minimum absolute atomic E-state index is 0.0102. The Labute approximate surface area is 120 Å². The van der Waals surface area contributed by atoms with Gasteiger partial charge in [-0.3, -0.25) is 4.79 Å². The Morgan fingerprint density at radius 1 is 1.29 bits per heavy atom. The van der Waals surface area contributed by atoms with Gasteiger partial charge in [-0.05, 0) is 24.5 Å². The van der Waals surface area contributed by atoms with E-state index in [9.17, 15) is 18.4 Å². The Balaban J connectivity index is 2.11. The minimum Gasteiger partial charge on any atom is -0.481 e. The molecule has 114 valence electrons. The van der Waals surface area contributed by atoms with Crippen LogP contribution in [0, 0.1) is 23.5 Å². The van der Waals surface area contributed by atoms with Crippen LogP contribution in [-0.2, 0) is 4.79 Å².